The summed E-state index contributed by atoms with van der Waals surface area (Å²) in [6.45, 7) is 7.54. The molecule has 0 atom stereocenters. The van der Waals surface area contributed by atoms with E-state index in [9.17, 15) is 14.4 Å². The number of nitrogens with one attached hydrogen (secondary N) is 1. The molecule has 0 unspecified atom stereocenters. The number of esters is 1. The minimum atomic E-state index is -0.466. The standard InChI is InChI=1S/C28H35N3O5/c1-5-30(6-2)28(34)36-24-16-15-23-22(17-18-31(23)19-21-13-11-20(3)12-14-21)27(24)29-25(32)9-7-8-10-26(33)35-4/h11-18H,5-10,19H2,1-4H3,(H,29,32). The lowest BCUT2D eigenvalue weighted by Gasteiger charge is -2.20. The monoisotopic (exact) mass is 493 g/mol. The van der Waals surface area contributed by atoms with Crippen molar-refractivity contribution in [2.24, 2.45) is 0 Å². The molecule has 0 aliphatic rings. The molecule has 0 aliphatic carbocycles. The van der Waals surface area contributed by atoms with Crippen molar-refractivity contribution < 1.29 is 23.9 Å². The Morgan fingerprint density at radius 2 is 1.64 bits per heavy atom. The average Bonchev–Trinajstić information content (AvgIpc) is 3.28. The first kappa shape index (κ1) is 26.8. The predicted molar refractivity (Wildman–Crippen MR) is 140 cm³/mol. The Hall–Kier alpha value is -3.81. The van der Waals surface area contributed by atoms with Crippen LogP contribution in [0.2, 0.25) is 0 Å². The van der Waals surface area contributed by atoms with Crippen LogP contribution in [0.4, 0.5) is 10.5 Å². The molecule has 0 saturated carbocycles. The van der Waals surface area contributed by atoms with Crippen molar-refractivity contribution >= 4 is 34.6 Å². The fourth-order valence-corrected chi connectivity index (χ4v) is 3.99. The fraction of sp³-hybridized carbons (Fsp3) is 0.393. The van der Waals surface area contributed by atoms with Gasteiger partial charge in [-0.15, -0.1) is 0 Å². The smallest absolute Gasteiger partial charge is 0.415 e. The van der Waals surface area contributed by atoms with Gasteiger partial charge in [0.15, 0.2) is 5.75 Å². The lowest BCUT2D eigenvalue weighted by Crippen LogP contribution is -2.33. The van der Waals surface area contributed by atoms with E-state index in [2.05, 4.69) is 45.8 Å². The van der Waals surface area contributed by atoms with Crippen LogP contribution in [0.5, 0.6) is 5.75 Å². The number of anilines is 1. The number of aryl methyl sites for hydroxylation is 1. The van der Waals surface area contributed by atoms with Crippen LogP contribution in [0.15, 0.2) is 48.7 Å². The molecule has 36 heavy (non-hydrogen) atoms. The molecule has 2 aromatic carbocycles. The number of nitrogens with zero attached hydrogens (tertiary/aromatic N) is 2. The van der Waals surface area contributed by atoms with E-state index < -0.39 is 6.09 Å². The van der Waals surface area contributed by atoms with Gasteiger partial charge in [-0.05, 0) is 57.4 Å². The quantitative estimate of drug-likeness (QED) is 0.281. The Morgan fingerprint density at radius 3 is 2.31 bits per heavy atom. The summed E-state index contributed by atoms with van der Waals surface area (Å²) < 4.78 is 12.5. The van der Waals surface area contributed by atoms with Gasteiger partial charge in [-0.3, -0.25) is 9.59 Å². The van der Waals surface area contributed by atoms with Crippen molar-refractivity contribution in [2.45, 2.75) is 53.0 Å². The number of aromatic nitrogens is 1. The molecule has 8 heteroatoms. The maximum Gasteiger partial charge on any atom is 0.415 e. The SMILES string of the molecule is CCN(CC)C(=O)Oc1ccc2c(ccn2Cc2ccc(C)cc2)c1NC(=O)CCCCC(=O)OC. The van der Waals surface area contributed by atoms with Crippen LogP contribution in [0.25, 0.3) is 10.9 Å². The molecule has 0 saturated heterocycles. The fourth-order valence-electron chi connectivity index (χ4n) is 3.99. The van der Waals surface area contributed by atoms with Crippen molar-refractivity contribution in [3.8, 4) is 5.75 Å². The number of carbonyl (C=O) groups excluding carboxylic acids is 3. The van der Waals surface area contributed by atoms with Gasteiger partial charge in [0, 0.05) is 44.1 Å². The van der Waals surface area contributed by atoms with Crippen LogP contribution < -0.4 is 10.1 Å². The van der Waals surface area contributed by atoms with E-state index in [0.717, 1.165) is 16.5 Å². The second kappa shape index (κ2) is 12.8. The molecule has 0 bridgehead atoms. The molecule has 1 N–H and O–H groups in total. The predicted octanol–water partition coefficient (Wildman–Crippen LogP) is 5.51. The summed E-state index contributed by atoms with van der Waals surface area (Å²) in [5.41, 5.74) is 3.74. The molecular formula is C28H35N3O5. The summed E-state index contributed by atoms with van der Waals surface area (Å²) in [5, 5.41) is 3.74. The van der Waals surface area contributed by atoms with Gasteiger partial charge in [0.2, 0.25) is 5.91 Å². The zero-order valence-electron chi connectivity index (χ0n) is 21.5. The molecule has 0 fully saturated rings. The van der Waals surface area contributed by atoms with Crippen LogP contribution in [0.3, 0.4) is 0 Å². The van der Waals surface area contributed by atoms with Gasteiger partial charge in [-0.25, -0.2) is 4.79 Å². The summed E-state index contributed by atoms with van der Waals surface area (Å²) in [6.07, 6.45) is 3.11. The Morgan fingerprint density at radius 1 is 0.944 bits per heavy atom. The first-order chi connectivity index (χ1) is 17.4. The zero-order valence-corrected chi connectivity index (χ0v) is 21.5. The summed E-state index contributed by atoms with van der Waals surface area (Å²) in [7, 11) is 1.35. The first-order valence-electron chi connectivity index (χ1n) is 12.4. The number of ether oxygens (including phenoxy) is 2. The summed E-state index contributed by atoms with van der Waals surface area (Å²) >= 11 is 0. The number of fused-ring (bicyclic) bond motifs is 1. The Bertz CT molecular complexity index is 1200. The van der Waals surface area contributed by atoms with Crippen molar-refractivity contribution in [3.05, 3.63) is 59.8 Å². The zero-order chi connectivity index (χ0) is 26.1. The van der Waals surface area contributed by atoms with Gasteiger partial charge in [0.1, 0.15) is 0 Å². The number of carbonyl (C=O) groups is 3. The maximum absolute atomic E-state index is 12.8. The minimum absolute atomic E-state index is 0.209. The second-order valence-corrected chi connectivity index (χ2v) is 8.67. The van der Waals surface area contributed by atoms with Crippen LogP contribution >= 0.6 is 0 Å². The highest BCUT2D eigenvalue weighted by Gasteiger charge is 2.19. The van der Waals surface area contributed by atoms with E-state index in [1.807, 2.05) is 32.2 Å². The number of unbranched alkanes of at least 4 members (excludes halogenated alkanes) is 1. The molecule has 3 rings (SSSR count). The molecule has 0 spiro atoms. The van der Waals surface area contributed by atoms with E-state index in [-0.39, 0.29) is 24.7 Å². The molecular weight excluding hydrogens is 458 g/mol. The summed E-state index contributed by atoms with van der Waals surface area (Å²) in [6, 6.07) is 13.9. The molecule has 3 aromatic rings. The number of benzene rings is 2. The highest BCUT2D eigenvalue weighted by atomic mass is 16.6. The van der Waals surface area contributed by atoms with Crippen molar-refractivity contribution in [2.75, 3.05) is 25.5 Å². The van der Waals surface area contributed by atoms with Gasteiger partial charge < -0.3 is 24.3 Å². The van der Waals surface area contributed by atoms with Gasteiger partial charge in [-0.2, -0.15) is 0 Å². The third kappa shape index (κ3) is 6.87. The molecule has 0 radical (unpaired) electrons. The van der Waals surface area contributed by atoms with E-state index in [1.165, 1.54) is 12.7 Å². The van der Waals surface area contributed by atoms with E-state index in [4.69, 9.17) is 4.74 Å². The molecule has 2 amide bonds. The Balaban J connectivity index is 1.86. The van der Waals surface area contributed by atoms with Crippen LogP contribution in [0, 0.1) is 6.92 Å². The van der Waals surface area contributed by atoms with Crippen molar-refractivity contribution in [1.82, 2.24) is 9.47 Å². The number of rotatable bonds is 11. The third-order valence-electron chi connectivity index (χ3n) is 6.13. The summed E-state index contributed by atoms with van der Waals surface area (Å²) in [5.74, 6) is -0.199. The highest BCUT2D eigenvalue weighted by molar-refractivity contribution is 6.04. The number of methoxy groups -OCH3 is 1. The summed E-state index contributed by atoms with van der Waals surface area (Å²) in [4.78, 5) is 38.4. The van der Waals surface area contributed by atoms with E-state index in [1.54, 1.807) is 11.0 Å². The molecule has 192 valence electrons. The Kier molecular flexibility index (Phi) is 9.50. The van der Waals surface area contributed by atoms with E-state index in [0.29, 0.717) is 43.9 Å². The number of hydrogen-bond acceptors (Lipinski definition) is 5. The average molecular weight is 494 g/mol. The van der Waals surface area contributed by atoms with Crippen LogP contribution in [-0.2, 0) is 20.9 Å². The molecule has 1 heterocycles. The lowest BCUT2D eigenvalue weighted by atomic mass is 10.1. The first-order valence-corrected chi connectivity index (χ1v) is 12.4. The number of hydrogen-bond donors (Lipinski definition) is 1. The van der Waals surface area contributed by atoms with Gasteiger partial charge in [0.05, 0.1) is 18.3 Å². The largest absolute Gasteiger partial charge is 0.469 e. The van der Waals surface area contributed by atoms with Gasteiger partial charge in [-0.1, -0.05) is 29.8 Å². The molecule has 1 aromatic heterocycles. The van der Waals surface area contributed by atoms with Crippen LogP contribution in [0.1, 0.15) is 50.7 Å². The normalized spacial score (nSPS) is 10.8. The highest BCUT2D eigenvalue weighted by Crippen LogP contribution is 2.35. The topological polar surface area (TPSA) is 89.9 Å². The van der Waals surface area contributed by atoms with Crippen molar-refractivity contribution in [3.63, 3.8) is 0 Å². The van der Waals surface area contributed by atoms with Gasteiger partial charge in [0.25, 0.3) is 0 Å². The Labute approximate surface area is 212 Å². The van der Waals surface area contributed by atoms with Crippen molar-refractivity contribution in [1.29, 1.82) is 0 Å². The second-order valence-electron chi connectivity index (χ2n) is 8.67. The number of amides is 2. The maximum atomic E-state index is 12.8. The lowest BCUT2D eigenvalue weighted by molar-refractivity contribution is -0.140. The third-order valence-corrected chi connectivity index (χ3v) is 6.13. The molecule has 0 aliphatic heterocycles. The minimum Gasteiger partial charge on any atom is -0.469 e. The van der Waals surface area contributed by atoms with Crippen LogP contribution in [-0.4, -0.2) is 47.6 Å². The molecule has 8 nitrogen and oxygen atoms in total. The van der Waals surface area contributed by atoms with Gasteiger partial charge >= 0.3 is 12.1 Å². The van der Waals surface area contributed by atoms with E-state index >= 15 is 0 Å².